The van der Waals surface area contributed by atoms with Crippen LogP contribution in [0.4, 0.5) is 5.69 Å². The number of aliphatic hydroxyl groups is 8. The first-order valence-electron chi connectivity index (χ1n) is 20.3. The van der Waals surface area contributed by atoms with E-state index in [0.29, 0.717) is 12.7 Å². The molecule has 3 amide bonds. The van der Waals surface area contributed by atoms with Gasteiger partial charge in [-0.05, 0) is 73.3 Å². The van der Waals surface area contributed by atoms with Crippen LogP contribution < -0.4 is 37.8 Å². The summed E-state index contributed by atoms with van der Waals surface area (Å²) >= 11 is 13.8. The maximum Gasteiger partial charge on any atom is 0.321 e. The van der Waals surface area contributed by atoms with Crippen molar-refractivity contribution in [1.29, 1.82) is 0 Å². The molecular formula is C36H56I3N7O19S2. The average Bonchev–Trinajstić information content (AvgIpc) is 3.28. The Morgan fingerprint density at radius 3 is 1.84 bits per heavy atom. The predicted octanol–water partition coefficient (Wildman–Crippen LogP) is -5.93. The molecule has 0 spiro atoms. The quantitative estimate of drug-likeness (QED) is 0.0222. The second-order valence-corrected chi connectivity index (χ2v) is 19.3. The number of hydrogen-bond donors (Lipinski definition) is 19. The number of benzene rings is 1. The molecule has 0 saturated carbocycles. The number of aliphatic carboxylic acids is 1. The molecule has 1 aromatic carbocycles. The molecule has 4 rings (SSSR count). The molecule has 3 saturated heterocycles. The highest BCUT2D eigenvalue weighted by Crippen LogP contribution is 2.37. The minimum absolute atomic E-state index is 0.0122. The molecule has 18 N–H and O–H groups in total. The summed E-state index contributed by atoms with van der Waals surface area (Å²) in [6.07, 6.45) is -20.7. The third kappa shape index (κ3) is 14.3. The molecule has 26 nitrogen and oxygen atoms in total. The van der Waals surface area contributed by atoms with E-state index in [1.165, 1.54) is 6.92 Å². The van der Waals surface area contributed by atoms with Crippen molar-refractivity contribution >= 4 is 122 Å². The van der Waals surface area contributed by atoms with Gasteiger partial charge in [0.1, 0.15) is 73.1 Å². The smallest absolute Gasteiger partial charge is 0.321 e. The summed E-state index contributed by atoms with van der Waals surface area (Å²) in [5.74, 6) is -3.30. The molecule has 17 unspecified atom stereocenters. The molecule has 0 radical (unpaired) electrons. The summed E-state index contributed by atoms with van der Waals surface area (Å²) in [7, 11) is 0. The minimum atomic E-state index is -1.90. The Morgan fingerprint density at radius 1 is 0.731 bits per heavy atom. The van der Waals surface area contributed by atoms with Gasteiger partial charge in [0.25, 0.3) is 5.91 Å². The van der Waals surface area contributed by atoms with Crippen LogP contribution in [0.5, 0.6) is 0 Å². The van der Waals surface area contributed by atoms with Gasteiger partial charge in [-0.15, -0.1) is 0 Å². The van der Waals surface area contributed by atoms with Gasteiger partial charge in [-0.2, -0.15) is 25.3 Å². The summed E-state index contributed by atoms with van der Waals surface area (Å²) in [4.78, 5) is 50.8. The Morgan fingerprint density at radius 2 is 1.28 bits per heavy atom. The average molecular weight is 1340 g/mol. The van der Waals surface area contributed by atoms with Crippen molar-refractivity contribution in [2.45, 2.75) is 117 Å². The fraction of sp³-hybridized carbons (Fsp3) is 0.722. The molecule has 3 fully saturated rings. The Hall–Kier alpha value is -0.730. The molecular weight excluding hydrogens is 1280 g/mol. The van der Waals surface area contributed by atoms with E-state index in [-0.39, 0.29) is 46.0 Å². The number of carbonyl (C=O) groups is 4. The maximum absolute atomic E-state index is 14.2. The van der Waals surface area contributed by atoms with Crippen molar-refractivity contribution in [3.05, 3.63) is 21.8 Å². The first kappa shape index (κ1) is 58.8. The maximum atomic E-state index is 14.2. The van der Waals surface area contributed by atoms with Crippen molar-refractivity contribution in [3.63, 3.8) is 0 Å². The van der Waals surface area contributed by atoms with Gasteiger partial charge in [-0.1, -0.05) is 0 Å². The molecule has 67 heavy (non-hydrogen) atoms. The second-order valence-electron chi connectivity index (χ2n) is 15.4. The zero-order chi connectivity index (χ0) is 50.0. The van der Waals surface area contributed by atoms with Crippen LogP contribution in [0.25, 0.3) is 0 Å². The number of carboxylic acid groups (broad SMARTS) is 1. The molecule has 31 heteroatoms. The molecule has 0 aromatic heterocycles. The van der Waals surface area contributed by atoms with Gasteiger partial charge in [0.15, 0.2) is 18.9 Å². The zero-order valence-electron chi connectivity index (χ0n) is 35.2. The van der Waals surface area contributed by atoms with Gasteiger partial charge in [-0.25, -0.2) is 5.48 Å². The van der Waals surface area contributed by atoms with Gasteiger partial charge >= 0.3 is 5.97 Å². The number of nitrogens with one attached hydrogen (secondary N) is 6. The standard InChI is InChI=1S/C36H56I3N7O19S2/c1-10(50)44-22-19(38)11(4-43-60)18(37)17(20(22)39)32(56)46-24-27(53)25(51)14(5-47)62-36(24)65-29-16(7-49)63-35(21(40)26(29)52)64-30-15(6-48)61-34(59)23(28(30)54)45-31(55)12(8-66)41-2-3-42-13(9-67)33(57)58/h12-16,21,23-30,34-36,41-43,47-49,51-54,59-60,66-67H,2-9,40H2,1H3,(H,44,50)(H,45,55)(H,46,56)(H,57,58). The third-order valence-electron chi connectivity index (χ3n) is 10.9. The van der Waals surface area contributed by atoms with E-state index in [1.54, 1.807) is 0 Å². The number of rotatable bonds is 22. The van der Waals surface area contributed by atoms with Crippen LogP contribution in [-0.2, 0) is 44.6 Å². The summed E-state index contributed by atoms with van der Waals surface area (Å²) in [6.45, 7) is -1.29. The lowest BCUT2D eigenvalue weighted by Gasteiger charge is -2.49. The number of anilines is 1. The topological polar surface area (TPSA) is 415 Å². The van der Waals surface area contributed by atoms with E-state index >= 15 is 0 Å². The second kappa shape index (κ2) is 27.4. The van der Waals surface area contributed by atoms with Crippen LogP contribution in [0.15, 0.2) is 0 Å². The number of hydroxylamine groups is 1. The van der Waals surface area contributed by atoms with Crippen molar-refractivity contribution in [2.75, 3.05) is 49.7 Å². The Bertz CT molecular complexity index is 1860. The van der Waals surface area contributed by atoms with Gasteiger partial charge < -0.3 is 107 Å². The number of thiol groups is 2. The monoisotopic (exact) mass is 1340 g/mol. The lowest BCUT2D eigenvalue weighted by Crippen LogP contribution is -2.70. The Kier molecular flexibility index (Phi) is 24.0. The fourth-order valence-electron chi connectivity index (χ4n) is 7.33. The lowest BCUT2D eigenvalue weighted by molar-refractivity contribution is -0.349. The minimum Gasteiger partial charge on any atom is -0.480 e. The zero-order valence-corrected chi connectivity index (χ0v) is 43.5. The molecule has 382 valence electrons. The van der Waals surface area contributed by atoms with Gasteiger partial charge in [0.05, 0.1) is 46.7 Å². The van der Waals surface area contributed by atoms with Crippen LogP contribution >= 0.6 is 93.0 Å². The number of aliphatic hydroxyl groups excluding tert-OH is 8. The van der Waals surface area contributed by atoms with E-state index in [9.17, 15) is 70.3 Å². The highest BCUT2D eigenvalue weighted by atomic mass is 127. The van der Waals surface area contributed by atoms with Crippen molar-refractivity contribution in [1.82, 2.24) is 26.7 Å². The molecule has 3 aliphatic rings. The van der Waals surface area contributed by atoms with Crippen molar-refractivity contribution < 1.29 is 94.0 Å². The molecule has 17 atom stereocenters. The fourth-order valence-corrected chi connectivity index (χ4v) is 12.2. The highest BCUT2D eigenvalue weighted by molar-refractivity contribution is 14.1. The van der Waals surface area contributed by atoms with E-state index in [1.807, 2.05) is 73.3 Å². The van der Waals surface area contributed by atoms with Gasteiger partial charge in [-0.3, -0.25) is 19.2 Å². The van der Waals surface area contributed by atoms with Gasteiger partial charge in [0.2, 0.25) is 11.8 Å². The van der Waals surface area contributed by atoms with Gasteiger partial charge in [0, 0.05) is 45.2 Å². The summed E-state index contributed by atoms with van der Waals surface area (Å²) < 4.78 is 30.3. The molecule has 3 heterocycles. The van der Waals surface area contributed by atoms with Crippen molar-refractivity contribution in [2.24, 2.45) is 5.73 Å². The number of hydrogen-bond acceptors (Lipinski definition) is 24. The highest BCUT2D eigenvalue weighted by Gasteiger charge is 2.54. The number of ether oxygens (including phenoxy) is 5. The number of carbonyl (C=O) groups excluding carboxylic acids is 3. The Labute approximate surface area is 434 Å². The molecule has 3 aliphatic heterocycles. The molecule has 1 aromatic rings. The van der Waals surface area contributed by atoms with Crippen LogP contribution in [0.3, 0.4) is 0 Å². The first-order chi connectivity index (χ1) is 31.7. The summed E-state index contributed by atoms with van der Waals surface area (Å²) in [5.41, 5.74) is 9.05. The van der Waals surface area contributed by atoms with E-state index < -0.39 is 148 Å². The summed E-state index contributed by atoms with van der Waals surface area (Å²) in [6, 6.07) is -6.86. The SMILES string of the molecule is CC(=O)Nc1c(I)c(CNO)c(I)c(C(=O)NC2C(OC3C(CO)OC(OC4C(CO)OC(O)C(NC(=O)C(CS)NCCNC(CS)C(=O)O)C4O)C(N)C3O)OC(CO)C(O)C2O)c1I. The molecule has 0 aliphatic carbocycles. The first-order valence-corrected chi connectivity index (χ1v) is 24.8. The number of halogens is 3. The van der Waals surface area contributed by atoms with Crippen LogP contribution in [-0.4, -0.2) is 223 Å². The normalized spacial score (nSPS) is 33.1. The number of carboxylic acids is 1. The predicted molar refractivity (Wildman–Crippen MR) is 261 cm³/mol. The third-order valence-corrected chi connectivity index (χ3v) is 15.1. The van der Waals surface area contributed by atoms with Crippen molar-refractivity contribution in [3.8, 4) is 0 Å². The summed E-state index contributed by atoms with van der Waals surface area (Å²) in [5, 5.41) is 119. The molecule has 0 bridgehead atoms. The van der Waals surface area contributed by atoms with Crippen LogP contribution in [0.1, 0.15) is 22.8 Å². The number of nitrogens with two attached hydrogens (primary N) is 1. The number of amides is 3. The van der Waals surface area contributed by atoms with E-state index in [0.717, 1.165) is 0 Å². The van der Waals surface area contributed by atoms with E-state index in [4.69, 9.17) is 29.4 Å². The Balaban J connectivity index is 1.54. The van der Waals surface area contributed by atoms with Crippen LogP contribution in [0, 0.1) is 10.7 Å². The van der Waals surface area contributed by atoms with E-state index in [2.05, 4.69) is 51.8 Å². The van der Waals surface area contributed by atoms with Crippen LogP contribution in [0.2, 0.25) is 0 Å². The largest absolute Gasteiger partial charge is 0.480 e. The lowest BCUT2D eigenvalue weighted by atomic mass is 9.94.